The van der Waals surface area contributed by atoms with Gasteiger partial charge in [0, 0.05) is 12.2 Å². The second kappa shape index (κ2) is 5.34. The van der Waals surface area contributed by atoms with E-state index in [4.69, 9.17) is 5.73 Å². The summed E-state index contributed by atoms with van der Waals surface area (Å²) in [5, 5.41) is 2.93. The lowest BCUT2D eigenvalue weighted by molar-refractivity contribution is 0.0934. The van der Waals surface area contributed by atoms with Gasteiger partial charge in [0.15, 0.2) is 0 Å². The van der Waals surface area contributed by atoms with Crippen LogP contribution in [-0.4, -0.2) is 16.9 Å². The third-order valence-electron chi connectivity index (χ3n) is 2.37. The summed E-state index contributed by atoms with van der Waals surface area (Å²) in [6.07, 6.45) is 3.36. The molecule has 15 heavy (non-hydrogen) atoms. The molecule has 0 saturated heterocycles. The molecule has 1 aromatic heterocycles. The Morgan fingerprint density at radius 2 is 2.13 bits per heavy atom. The number of rotatable bonds is 4. The molecule has 4 nitrogen and oxygen atoms in total. The number of nitrogen functional groups attached to an aromatic ring is 1. The van der Waals surface area contributed by atoms with E-state index in [2.05, 4.69) is 24.1 Å². The number of hydrogen-bond acceptors (Lipinski definition) is 3. The number of hydrogen-bond donors (Lipinski definition) is 2. The summed E-state index contributed by atoms with van der Waals surface area (Å²) in [4.78, 5) is 15.6. The molecule has 0 aliphatic rings. The van der Waals surface area contributed by atoms with Crippen LogP contribution in [-0.2, 0) is 0 Å². The molecule has 0 bridgehead atoms. The zero-order valence-electron chi connectivity index (χ0n) is 9.16. The van der Waals surface area contributed by atoms with Crippen LogP contribution in [0.15, 0.2) is 18.3 Å². The van der Waals surface area contributed by atoms with Gasteiger partial charge in [-0.2, -0.15) is 0 Å². The van der Waals surface area contributed by atoms with Crippen LogP contribution in [0.5, 0.6) is 0 Å². The number of carbonyl (C=O) groups is 1. The highest BCUT2D eigenvalue weighted by molar-refractivity contribution is 5.94. The molecule has 0 aliphatic heterocycles. The standard InChI is InChI=1S/C11H17N3O/c1-3-9(4-2)14-11(15)8-5-6-10(12)13-7-8/h5-7,9H,3-4H2,1-2H3,(H2,12,13)(H,14,15). The Morgan fingerprint density at radius 1 is 1.47 bits per heavy atom. The van der Waals surface area contributed by atoms with Crippen molar-refractivity contribution in [3.8, 4) is 0 Å². The van der Waals surface area contributed by atoms with Crippen molar-refractivity contribution in [2.45, 2.75) is 32.7 Å². The van der Waals surface area contributed by atoms with E-state index >= 15 is 0 Å². The van der Waals surface area contributed by atoms with Crippen LogP contribution >= 0.6 is 0 Å². The van der Waals surface area contributed by atoms with Crippen molar-refractivity contribution in [3.05, 3.63) is 23.9 Å². The first-order valence-corrected chi connectivity index (χ1v) is 5.19. The van der Waals surface area contributed by atoms with Gasteiger partial charge < -0.3 is 11.1 Å². The average Bonchev–Trinajstić information content (AvgIpc) is 2.26. The summed E-state index contributed by atoms with van der Waals surface area (Å²) in [6.45, 7) is 4.10. The van der Waals surface area contributed by atoms with E-state index in [1.165, 1.54) is 6.20 Å². The van der Waals surface area contributed by atoms with Crippen LogP contribution in [0.4, 0.5) is 5.82 Å². The fraction of sp³-hybridized carbons (Fsp3) is 0.455. The molecule has 1 amide bonds. The Kier molecular flexibility index (Phi) is 4.09. The molecule has 0 radical (unpaired) electrons. The molecule has 3 N–H and O–H groups in total. The highest BCUT2D eigenvalue weighted by atomic mass is 16.1. The number of carbonyl (C=O) groups excluding carboxylic acids is 1. The van der Waals surface area contributed by atoms with Crippen LogP contribution in [0, 0.1) is 0 Å². The quantitative estimate of drug-likeness (QED) is 0.787. The third kappa shape index (κ3) is 3.23. The van der Waals surface area contributed by atoms with Crippen LogP contribution in [0.2, 0.25) is 0 Å². The van der Waals surface area contributed by atoms with Gasteiger partial charge in [-0.1, -0.05) is 13.8 Å². The molecule has 0 spiro atoms. The molecule has 1 heterocycles. The predicted molar refractivity (Wildman–Crippen MR) is 60.5 cm³/mol. The predicted octanol–water partition coefficient (Wildman–Crippen LogP) is 1.58. The molecule has 0 aliphatic carbocycles. The highest BCUT2D eigenvalue weighted by Crippen LogP contribution is 2.03. The summed E-state index contributed by atoms with van der Waals surface area (Å²) >= 11 is 0. The molecule has 0 unspecified atom stereocenters. The largest absolute Gasteiger partial charge is 0.384 e. The molecule has 82 valence electrons. The molecular weight excluding hydrogens is 190 g/mol. The smallest absolute Gasteiger partial charge is 0.253 e. The SMILES string of the molecule is CCC(CC)NC(=O)c1ccc(N)nc1. The highest BCUT2D eigenvalue weighted by Gasteiger charge is 2.10. The fourth-order valence-electron chi connectivity index (χ4n) is 1.30. The first-order chi connectivity index (χ1) is 7.17. The number of pyridine rings is 1. The summed E-state index contributed by atoms with van der Waals surface area (Å²) in [7, 11) is 0. The van der Waals surface area contributed by atoms with E-state index < -0.39 is 0 Å². The number of nitrogens with zero attached hydrogens (tertiary/aromatic N) is 1. The van der Waals surface area contributed by atoms with Crippen LogP contribution in [0.1, 0.15) is 37.0 Å². The van der Waals surface area contributed by atoms with Gasteiger partial charge >= 0.3 is 0 Å². The third-order valence-corrected chi connectivity index (χ3v) is 2.37. The maximum Gasteiger partial charge on any atom is 0.253 e. The van der Waals surface area contributed by atoms with E-state index in [0.717, 1.165) is 12.8 Å². The Balaban J connectivity index is 2.64. The second-order valence-electron chi connectivity index (χ2n) is 3.46. The first-order valence-electron chi connectivity index (χ1n) is 5.19. The Labute approximate surface area is 89.9 Å². The van der Waals surface area contributed by atoms with Crippen molar-refractivity contribution in [1.82, 2.24) is 10.3 Å². The number of amides is 1. The van der Waals surface area contributed by atoms with E-state index in [1.54, 1.807) is 12.1 Å². The first kappa shape index (κ1) is 11.5. The van der Waals surface area contributed by atoms with Gasteiger partial charge in [-0.15, -0.1) is 0 Å². The van der Waals surface area contributed by atoms with E-state index in [9.17, 15) is 4.79 Å². The molecule has 1 rings (SSSR count). The summed E-state index contributed by atoms with van der Waals surface area (Å²) in [5.41, 5.74) is 5.99. The van der Waals surface area contributed by atoms with Gasteiger partial charge in [-0.05, 0) is 25.0 Å². The van der Waals surface area contributed by atoms with E-state index in [0.29, 0.717) is 11.4 Å². The van der Waals surface area contributed by atoms with Gasteiger partial charge in [-0.25, -0.2) is 4.98 Å². The van der Waals surface area contributed by atoms with Crippen LogP contribution < -0.4 is 11.1 Å². The zero-order valence-corrected chi connectivity index (χ0v) is 9.16. The van der Waals surface area contributed by atoms with Crippen molar-refractivity contribution in [3.63, 3.8) is 0 Å². The molecule has 0 fully saturated rings. The normalized spacial score (nSPS) is 10.3. The molecular formula is C11H17N3O. The van der Waals surface area contributed by atoms with Crippen molar-refractivity contribution >= 4 is 11.7 Å². The maximum absolute atomic E-state index is 11.7. The van der Waals surface area contributed by atoms with Crippen molar-refractivity contribution < 1.29 is 4.79 Å². The Morgan fingerprint density at radius 3 is 2.60 bits per heavy atom. The van der Waals surface area contributed by atoms with Gasteiger partial charge in [0.25, 0.3) is 5.91 Å². The van der Waals surface area contributed by atoms with Crippen LogP contribution in [0.25, 0.3) is 0 Å². The molecule has 0 atom stereocenters. The van der Waals surface area contributed by atoms with Gasteiger partial charge in [0.05, 0.1) is 5.56 Å². The molecule has 0 saturated carbocycles. The lowest BCUT2D eigenvalue weighted by Gasteiger charge is -2.14. The van der Waals surface area contributed by atoms with Crippen molar-refractivity contribution in [2.24, 2.45) is 0 Å². The summed E-state index contributed by atoms with van der Waals surface area (Å²) in [6, 6.07) is 3.54. The number of nitrogens with two attached hydrogens (primary N) is 1. The van der Waals surface area contributed by atoms with Crippen molar-refractivity contribution in [1.29, 1.82) is 0 Å². The number of nitrogens with one attached hydrogen (secondary N) is 1. The van der Waals surface area contributed by atoms with Gasteiger partial charge in [-0.3, -0.25) is 4.79 Å². The lowest BCUT2D eigenvalue weighted by Crippen LogP contribution is -2.33. The molecule has 0 aromatic carbocycles. The number of anilines is 1. The van der Waals surface area contributed by atoms with Crippen LogP contribution in [0.3, 0.4) is 0 Å². The van der Waals surface area contributed by atoms with Crippen molar-refractivity contribution in [2.75, 3.05) is 5.73 Å². The number of aromatic nitrogens is 1. The minimum absolute atomic E-state index is 0.0869. The van der Waals surface area contributed by atoms with E-state index in [1.807, 2.05) is 0 Å². The van der Waals surface area contributed by atoms with E-state index in [-0.39, 0.29) is 11.9 Å². The second-order valence-corrected chi connectivity index (χ2v) is 3.46. The van der Waals surface area contributed by atoms with Gasteiger partial charge in [0.2, 0.25) is 0 Å². The Bertz CT molecular complexity index is 317. The fourth-order valence-corrected chi connectivity index (χ4v) is 1.30. The lowest BCUT2D eigenvalue weighted by atomic mass is 10.1. The molecule has 4 heteroatoms. The summed E-state index contributed by atoms with van der Waals surface area (Å²) < 4.78 is 0. The monoisotopic (exact) mass is 207 g/mol. The van der Waals surface area contributed by atoms with Gasteiger partial charge in [0.1, 0.15) is 5.82 Å². The minimum atomic E-state index is -0.0869. The minimum Gasteiger partial charge on any atom is -0.384 e. The summed E-state index contributed by atoms with van der Waals surface area (Å²) in [5.74, 6) is 0.338. The zero-order chi connectivity index (χ0) is 11.3. The Hall–Kier alpha value is -1.58. The average molecular weight is 207 g/mol. The molecule has 1 aromatic rings. The maximum atomic E-state index is 11.7. The topological polar surface area (TPSA) is 68.0 Å².